The number of hydrogen-bond donors (Lipinski definition) is 1. The van der Waals surface area contributed by atoms with Crippen LogP contribution in [0.3, 0.4) is 0 Å². The van der Waals surface area contributed by atoms with Gasteiger partial charge in [-0.05, 0) is 36.6 Å². The molecule has 2 atom stereocenters. The molecule has 1 aromatic rings. The highest BCUT2D eigenvalue weighted by atomic mass is 16.3. The Morgan fingerprint density at radius 1 is 1.35 bits per heavy atom. The van der Waals surface area contributed by atoms with Crippen molar-refractivity contribution < 1.29 is 5.11 Å². The van der Waals surface area contributed by atoms with E-state index in [2.05, 4.69) is 42.3 Å². The summed E-state index contributed by atoms with van der Waals surface area (Å²) in [4.78, 5) is 2.40. The van der Waals surface area contributed by atoms with Crippen LogP contribution in [0.1, 0.15) is 23.5 Å². The third-order valence-corrected chi connectivity index (χ3v) is 4.18. The van der Waals surface area contributed by atoms with Crippen LogP contribution in [0.25, 0.3) is 0 Å². The molecule has 3 rings (SSSR count). The molecule has 0 saturated heterocycles. The second kappa shape index (κ2) is 4.28. The summed E-state index contributed by atoms with van der Waals surface area (Å²) in [6, 6.07) is 9.36. The molecule has 1 aliphatic carbocycles. The molecule has 0 fully saturated rings. The standard InChI is InChI=1S/C15H19NO/c1-16-9-11(10-17)8-14-13-5-3-2-4-12(13)6-7-15(14)16/h2-5,8,14-15,17H,6-7,9-10H2,1H3/t14-,15-/m1/s1. The van der Waals surface area contributed by atoms with Gasteiger partial charge in [0.2, 0.25) is 0 Å². The Hall–Kier alpha value is -1.12. The number of fused-ring (bicyclic) bond motifs is 3. The predicted molar refractivity (Wildman–Crippen MR) is 69.1 cm³/mol. The van der Waals surface area contributed by atoms with Crippen molar-refractivity contribution in [2.75, 3.05) is 20.2 Å². The summed E-state index contributed by atoms with van der Waals surface area (Å²) in [6.45, 7) is 1.11. The Morgan fingerprint density at radius 2 is 2.18 bits per heavy atom. The molecule has 0 spiro atoms. The van der Waals surface area contributed by atoms with Crippen molar-refractivity contribution in [1.29, 1.82) is 0 Å². The van der Waals surface area contributed by atoms with Gasteiger partial charge in [-0.15, -0.1) is 0 Å². The van der Waals surface area contributed by atoms with Crippen LogP contribution in [-0.2, 0) is 6.42 Å². The van der Waals surface area contributed by atoms with Crippen LogP contribution in [0.15, 0.2) is 35.9 Å². The largest absolute Gasteiger partial charge is 0.392 e. The first-order valence-electron chi connectivity index (χ1n) is 6.38. The molecule has 1 N–H and O–H groups in total. The number of nitrogens with zero attached hydrogens (tertiary/aromatic N) is 1. The maximum absolute atomic E-state index is 9.35. The van der Waals surface area contributed by atoms with E-state index in [1.54, 1.807) is 0 Å². The molecule has 2 nitrogen and oxygen atoms in total. The Kier molecular flexibility index (Phi) is 2.77. The van der Waals surface area contributed by atoms with Crippen LogP contribution in [-0.4, -0.2) is 36.2 Å². The van der Waals surface area contributed by atoms with Crippen LogP contribution in [0.2, 0.25) is 0 Å². The number of rotatable bonds is 1. The molecule has 0 saturated carbocycles. The zero-order chi connectivity index (χ0) is 11.8. The van der Waals surface area contributed by atoms with Gasteiger partial charge in [-0.3, -0.25) is 4.90 Å². The van der Waals surface area contributed by atoms with E-state index in [0.717, 1.165) is 12.1 Å². The zero-order valence-corrected chi connectivity index (χ0v) is 10.3. The minimum Gasteiger partial charge on any atom is -0.392 e. The average molecular weight is 229 g/mol. The number of aliphatic hydroxyl groups is 1. The highest BCUT2D eigenvalue weighted by Crippen LogP contribution is 2.38. The van der Waals surface area contributed by atoms with E-state index < -0.39 is 0 Å². The zero-order valence-electron chi connectivity index (χ0n) is 10.3. The second-order valence-corrected chi connectivity index (χ2v) is 5.23. The lowest BCUT2D eigenvalue weighted by atomic mass is 9.76. The highest BCUT2D eigenvalue weighted by molar-refractivity contribution is 5.39. The molecule has 1 heterocycles. The lowest BCUT2D eigenvalue weighted by Crippen LogP contribution is -2.43. The summed E-state index contributed by atoms with van der Waals surface area (Å²) in [5.74, 6) is 0.473. The highest BCUT2D eigenvalue weighted by Gasteiger charge is 2.33. The first-order chi connectivity index (χ1) is 8.29. The topological polar surface area (TPSA) is 23.5 Å². The van der Waals surface area contributed by atoms with Crippen LogP contribution >= 0.6 is 0 Å². The Labute approximate surface area is 103 Å². The van der Waals surface area contributed by atoms with E-state index in [0.29, 0.717) is 12.0 Å². The van der Waals surface area contributed by atoms with E-state index in [1.807, 2.05) is 0 Å². The monoisotopic (exact) mass is 229 g/mol. The molecular weight excluding hydrogens is 210 g/mol. The molecule has 0 bridgehead atoms. The quantitative estimate of drug-likeness (QED) is 0.744. The van der Waals surface area contributed by atoms with E-state index in [4.69, 9.17) is 0 Å². The minimum absolute atomic E-state index is 0.190. The van der Waals surface area contributed by atoms with Crippen LogP contribution < -0.4 is 0 Å². The van der Waals surface area contributed by atoms with E-state index >= 15 is 0 Å². The molecule has 0 amide bonds. The molecule has 90 valence electrons. The first-order valence-corrected chi connectivity index (χ1v) is 6.38. The van der Waals surface area contributed by atoms with E-state index in [-0.39, 0.29) is 6.61 Å². The van der Waals surface area contributed by atoms with Gasteiger partial charge in [-0.25, -0.2) is 0 Å². The molecule has 0 unspecified atom stereocenters. The van der Waals surface area contributed by atoms with Gasteiger partial charge in [0, 0.05) is 18.5 Å². The van der Waals surface area contributed by atoms with Crippen molar-refractivity contribution in [1.82, 2.24) is 4.90 Å². The molecule has 1 aromatic carbocycles. The lowest BCUT2D eigenvalue weighted by Gasteiger charge is -2.42. The normalized spacial score (nSPS) is 28.2. The summed E-state index contributed by atoms with van der Waals surface area (Å²) in [5, 5.41) is 9.35. The Bertz CT molecular complexity index is 452. The number of likely N-dealkylation sites (N-methyl/N-ethyl adjacent to an activating group) is 1. The van der Waals surface area contributed by atoms with Crippen molar-refractivity contribution in [3.8, 4) is 0 Å². The Balaban J connectivity index is 2.04. The third kappa shape index (κ3) is 1.81. The summed E-state index contributed by atoms with van der Waals surface area (Å²) in [7, 11) is 2.17. The summed E-state index contributed by atoms with van der Waals surface area (Å²) in [6.07, 6.45) is 4.71. The SMILES string of the molecule is CN1CC(CO)=C[C@@H]2c3ccccc3CC[C@H]21. The predicted octanol–water partition coefficient (Wildman–Crippen LogP) is 1.95. The molecule has 0 radical (unpaired) electrons. The minimum atomic E-state index is 0.190. The van der Waals surface area contributed by atoms with Gasteiger partial charge in [0.25, 0.3) is 0 Å². The Morgan fingerprint density at radius 3 is 3.00 bits per heavy atom. The van der Waals surface area contributed by atoms with Gasteiger partial charge in [0.15, 0.2) is 0 Å². The molecule has 1 aliphatic heterocycles. The second-order valence-electron chi connectivity index (χ2n) is 5.23. The number of benzene rings is 1. The van der Waals surface area contributed by atoms with Crippen LogP contribution in [0.5, 0.6) is 0 Å². The van der Waals surface area contributed by atoms with Crippen molar-refractivity contribution in [2.45, 2.75) is 24.8 Å². The fourth-order valence-corrected chi connectivity index (χ4v) is 3.32. The van der Waals surface area contributed by atoms with E-state index in [1.165, 1.54) is 24.0 Å². The average Bonchev–Trinajstić information content (AvgIpc) is 2.38. The smallest absolute Gasteiger partial charge is 0.0654 e. The molecular formula is C15H19NO. The fourth-order valence-electron chi connectivity index (χ4n) is 3.32. The van der Waals surface area contributed by atoms with Gasteiger partial charge < -0.3 is 5.11 Å². The van der Waals surface area contributed by atoms with Crippen LogP contribution in [0.4, 0.5) is 0 Å². The number of hydrogen-bond acceptors (Lipinski definition) is 2. The lowest BCUT2D eigenvalue weighted by molar-refractivity contribution is 0.194. The number of aryl methyl sites for hydroxylation is 1. The maximum Gasteiger partial charge on any atom is 0.0654 e. The number of aliphatic hydroxyl groups excluding tert-OH is 1. The van der Waals surface area contributed by atoms with Crippen molar-refractivity contribution >= 4 is 0 Å². The summed E-state index contributed by atoms with van der Waals surface area (Å²) < 4.78 is 0. The molecule has 2 heteroatoms. The van der Waals surface area contributed by atoms with Crippen molar-refractivity contribution in [3.05, 3.63) is 47.0 Å². The first kappa shape index (κ1) is 11.0. The summed E-state index contributed by atoms with van der Waals surface area (Å²) >= 11 is 0. The van der Waals surface area contributed by atoms with Gasteiger partial charge in [0.1, 0.15) is 0 Å². The van der Waals surface area contributed by atoms with Crippen molar-refractivity contribution in [3.63, 3.8) is 0 Å². The molecule has 17 heavy (non-hydrogen) atoms. The fraction of sp³-hybridized carbons (Fsp3) is 0.467. The summed E-state index contributed by atoms with van der Waals surface area (Å²) in [5.41, 5.74) is 4.10. The third-order valence-electron chi connectivity index (χ3n) is 4.18. The van der Waals surface area contributed by atoms with Gasteiger partial charge in [-0.1, -0.05) is 30.3 Å². The molecule has 0 aromatic heterocycles. The molecule has 2 aliphatic rings. The maximum atomic E-state index is 9.35. The van der Waals surface area contributed by atoms with Crippen molar-refractivity contribution in [2.24, 2.45) is 0 Å². The van der Waals surface area contributed by atoms with Gasteiger partial charge in [-0.2, -0.15) is 0 Å². The van der Waals surface area contributed by atoms with Gasteiger partial charge in [0.05, 0.1) is 6.61 Å². The van der Waals surface area contributed by atoms with Gasteiger partial charge >= 0.3 is 0 Å². The van der Waals surface area contributed by atoms with E-state index in [9.17, 15) is 5.11 Å². The van der Waals surface area contributed by atoms with Crippen LogP contribution in [0, 0.1) is 0 Å².